The van der Waals surface area contributed by atoms with Gasteiger partial charge in [-0.3, -0.25) is 0 Å². The predicted octanol–water partition coefficient (Wildman–Crippen LogP) is 2.64. The number of nitrogens with two attached hydrogens (primary N) is 1. The molecule has 0 bridgehead atoms. The van der Waals surface area contributed by atoms with Crippen LogP contribution in [0.5, 0.6) is 0 Å². The number of hydrogen-bond acceptors (Lipinski definition) is 2. The number of hydrogen-bond donors (Lipinski definition) is 1. The van der Waals surface area contributed by atoms with E-state index in [0.29, 0.717) is 11.6 Å². The highest BCUT2D eigenvalue weighted by atomic mass is 35.5. The van der Waals surface area contributed by atoms with Crippen LogP contribution in [-0.2, 0) is 11.8 Å². The molecule has 0 aliphatic heterocycles. The van der Waals surface area contributed by atoms with Gasteiger partial charge in [-0.1, -0.05) is 23.7 Å². The molecule has 0 spiro atoms. The zero-order chi connectivity index (χ0) is 11.5. The highest BCUT2D eigenvalue weighted by molar-refractivity contribution is 6.31. The van der Waals surface area contributed by atoms with Crippen molar-refractivity contribution in [2.75, 3.05) is 6.54 Å². The zero-order valence-electron chi connectivity index (χ0n) is 9.05. The van der Waals surface area contributed by atoms with Crippen molar-refractivity contribution in [2.45, 2.75) is 25.7 Å². The van der Waals surface area contributed by atoms with Crippen molar-refractivity contribution in [3.05, 3.63) is 34.3 Å². The summed E-state index contributed by atoms with van der Waals surface area (Å²) in [5, 5.41) is 9.66. The Morgan fingerprint density at radius 3 is 2.60 bits per heavy atom. The lowest BCUT2D eigenvalue weighted by atomic mass is 9.86. The lowest BCUT2D eigenvalue weighted by Gasteiger charge is -2.18. The summed E-state index contributed by atoms with van der Waals surface area (Å²) in [4.78, 5) is 0. The van der Waals surface area contributed by atoms with Gasteiger partial charge in [-0.2, -0.15) is 5.26 Å². The Morgan fingerprint density at radius 2 is 2.13 bits per heavy atom. The van der Waals surface area contributed by atoms with Crippen LogP contribution in [0.4, 0.5) is 0 Å². The van der Waals surface area contributed by atoms with Gasteiger partial charge in [-0.05, 0) is 44.0 Å². The summed E-state index contributed by atoms with van der Waals surface area (Å²) in [5.41, 5.74) is 6.90. The SMILES string of the molecule is CC(C)(C#N)c1ccc(CCN)cc1Cl. The molecule has 1 rings (SSSR count). The summed E-state index contributed by atoms with van der Waals surface area (Å²) in [6.07, 6.45) is 0.812. The molecule has 2 nitrogen and oxygen atoms in total. The van der Waals surface area contributed by atoms with Crippen molar-refractivity contribution >= 4 is 11.6 Å². The van der Waals surface area contributed by atoms with E-state index >= 15 is 0 Å². The summed E-state index contributed by atoms with van der Waals surface area (Å²) in [7, 11) is 0. The standard InChI is InChI=1S/C12H15ClN2/c1-12(2,8-15)10-4-3-9(5-6-14)7-11(10)13/h3-4,7H,5-6,14H2,1-2H3. The molecule has 15 heavy (non-hydrogen) atoms. The van der Waals surface area contributed by atoms with Gasteiger partial charge in [0, 0.05) is 5.02 Å². The molecule has 0 fully saturated rings. The molecule has 80 valence electrons. The van der Waals surface area contributed by atoms with Gasteiger partial charge in [0.25, 0.3) is 0 Å². The van der Waals surface area contributed by atoms with Crippen molar-refractivity contribution < 1.29 is 0 Å². The number of nitriles is 1. The second-order valence-corrected chi connectivity index (χ2v) is 4.50. The Bertz CT molecular complexity index is 391. The summed E-state index contributed by atoms with van der Waals surface area (Å²) in [5.74, 6) is 0. The molecule has 3 heteroatoms. The first kappa shape index (κ1) is 12.0. The maximum atomic E-state index is 9.02. The second-order valence-electron chi connectivity index (χ2n) is 4.09. The first-order valence-corrected chi connectivity index (χ1v) is 5.29. The van der Waals surface area contributed by atoms with Crippen LogP contribution in [0.2, 0.25) is 5.02 Å². The van der Waals surface area contributed by atoms with Gasteiger partial charge in [0.2, 0.25) is 0 Å². The van der Waals surface area contributed by atoms with E-state index in [2.05, 4.69) is 6.07 Å². The largest absolute Gasteiger partial charge is 0.330 e. The molecule has 0 atom stereocenters. The molecule has 0 amide bonds. The average molecular weight is 223 g/mol. The minimum Gasteiger partial charge on any atom is -0.330 e. The Labute approximate surface area is 95.7 Å². The van der Waals surface area contributed by atoms with Crippen molar-refractivity contribution in [3.8, 4) is 6.07 Å². The molecule has 0 unspecified atom stereocenters. The first-order chi connectivity index (χ1) is 7.01. The first-order valence-electron chi connectivity index (χ1n) is 4.91. The minimum atomic E-state index is -0.543. The van der Waals surface area contributed by atoms with Crippen molar-refractivity contribution in [2.24, 2.45) is 5.73 Å². The van der Waals surface area contributed by atoms with E-state index in [-0.39, 0.29) is 0 Å². The third-order valence-electron chi connectivity index (χ3n) is 2.42. The fourth-order valence-corrected chi connectivity index (χ4v) is 1.89. The van der Waals surface area contributed by atoms with Gasteiger partial charge in [0.05, 0.1) is 11.5 Å². The molecular weight excluding hydrogens is 208 g/mol. The Morgan fingerprint density at radius 1 is 1.47 bits per heavy atom. The molecule has 0 aliphatic rings. The van der Waals surface area contributed by atoms with Crippen LogP contribution in [0.25, 0.3) is 0 Å². The molecule has 2 N–H and O–H groups in total. The lowest BCUT2D eigenvalue weighted by Crippen LogP contribution is -2.14. The number of rotatable bonds is 3. The van der Waals surface area contributed by atoms with E-state index in [4.69, 9.17) is 22.6 Å². The smallest absolute Gasteiger partial charge is 0.0780 e. The van der Waals surface area contributed by atoms with E-state index < -0.39 is 5.41 Å². The van der Waals surface area contributed by atoms with Crippen LogP contribution in [0, 0.1) is 11.3 Å². The van der Waals surface area contributed by atoms with E-state index in [1.807, 2.05) is 32.0 Å². The van der Waals surface area contributed by atoms with Gasteiger partial charge < -0.3 is 5.73 Å². The molecule has 0 saturated carbocycles. The summed E-state index contributed by atoms with van der Waals surface area (Å²) < 4.78 is 0. The Balaban J connectivity index is 3.10. The molecule has 0 aliphatic carbocycles. The molecule has 1 aromatic carbocycles. The Hall–Kier alpha value is -1.04. The maximum absolute atomic E-state index is 9.02. The number of nitrogens with zero attached hydrogens (tertiary/aromatic N) is 1. The van der Waals surface area contributed by atoms with Gasteiger partial charge >= 0.3 is 0 Å². The fraction of sp³-hybridized carbons (Fsp3) is 0.417. The van der Waals surface area contributed by atoms with Crippen LogP contribution >= 0.6 is 11.6 Å². The average Bonchev–Trinajstić information content (AvgIpc) is 2.18. The molecule has 0 radical (unpaired) electrons. The van der Waals surface area contributed by atoms with E-state index in [1.165, 1.54) is 0 Å². The quantitative estimate of drug-likeness (QED) is 0.855. The highest BCUT2D eigenvalue weighted by Crippen LogP contribution is 2.29. The van der Waals surface area contributed by atoms with Crippen LogP contribution in [0.1, 0.15) is 25.0 Å². The summed E-state index contributed by atoms with van der Waals surface area (Å²) in [6.45, 7) is 4.32. The monoisotopic (exact) mass is 222 g/mol. The van der Waals surface area contributed by atoms with Crippen LogP contribution in [0.3, 0.4) is 0 Å². The van der Waals surface area contributed by atoms with E-state index in [9.17, 15) is 0 Å². The van der Waals surface area contributed by atoms with Crippen molar-refractivity contribution in [3.63, 3.8) is 0 Å². The van der Waals surface area contributed by atoms with E-state index in [1.54, 1.807) is 0 Å². The van der Waals surface area contributed by atoms with Gasteiger partial charge in [0.15, 0.2) is 0 Å². The predicted molar refractivity (Wildman–Crippen MR) is 62.8 cm³/mol. The molecule has 1 aromatic rings. The second kappa shape index (κ2) is 4.65. The maximum Gasteiger partial charge on any atom is 0.0780 e. The zero-order valence-corrected chi connectivity index (χ0v) is 9.80. The Kier molecular flexibility index (Phi) is 3.73. The topological polar surface area (TPSA) is 49.8 Å². The van der Waals surface area contributed by atoms with Crippen LogP contribution in [-0.4, -0.2) is 6.54 Å². The summed E-state index contributed by atoms with van der Waals surface area (Å²) >= 11 is 6.14. The third-order valence-corrected chi connectivity index (χ3v) is 2.73. The minimum absolute atomic E-state index is 0.543. The third kappa shape index (κ3) is 2.71. The summed E-state index contributed by atoms with van der Waals surface area (Å²) in [6, 6.07) is 8.03. The molecule has 0 aromatic heterocycles. The van der Waals surface area contributed by atoms with Crippen LogP contribution in [0.15, 0.2) is 18.2 Å². The van der Waals surface area contributed by atoms with Crippen molar-refractivity contribution in [1.82, 2.24) is 0 Å². The normalized spacial score (nSPS) is 11.1. The van der Waals surface area contributed by atoms with Gasteiger partial charge in [0.1, 0.15) is 0 Å². The fourth-order valence-electron chi connectivity index (χ4n) is 1.45. The van der Waals surface area contributed by atoms with Gasteiger partial charge in [-0.25, -0.2) is 0 Å². The molecular formula is C12H15ClN2. The molecule has 0 saturated heterocycles. The van der Waals surface area contributed by atoms with Gasteiger partial charge in [-0.15, -0.1) is 0 Å². The van der Waals surface area contributed by atoms with E-state index in [0.717, 1.165) is 17.5 Å². The lowest BCUT2D eigenvalue weighted by molar-refractivity contribution is 0.686. The van der Waals surface area contributed by atoms with Crippen LogP contribution < -0.4 is 5.73 Å². The highest BCUT2D eigenvalue weighted by Gasteiger charge is 2.22. The number of benzene rings is 1. The molecule has 0 heterocycles. The van der Waals surface area contributed by atoms with Crippen molar-refractivity contribution in [1.29, 1.82) is 5.26 Å². The number of halogens is 1.